The van der Waals surface area contributed by atoms with E-state index < -0.39 is 0 Å². The Morgan fingerprint density at radius 1 is 1.42 bits per heavy atom. The molecule has 0 bridgehead atoms. The average molecular weight is 166 g/mol. The van der Waals surface area contributed by atoms with Crippen LogP contribution in [0.4, 0.5) is 0 Å². The van der Waals surface area contributed by atoms with Crippen LogP contribution in [0.25, 0.3) is 0 Å². The summed E-state index contributed by atoms with van der Waals surface area (Å²) in [6.45, 7) is 0.604. The Hall–Kier alpha value is -0.830. The molecule has 1 aromatic heterocycles. The Morgan fingerprint density at radius 3 is 3.00 bits per heavy atom. The van der Waals surface area contributed by atoms with Crippen molar-refractivity contribution in [3.8, 4) is 0 Å². The normalized spacial score (nSPS) is 16.1. The van der Waals surface area contributed by atoms with Crippen LogP contribution < -0.4 is 0 Å². The molecule has 0 radical (unpaired) electrons. The number of hydrogen-bond donors (Lipinski definition) is 1. The van der Waals surface area contributed by atoms with Crippen LogP contribution in [-0.4, -0.2) is 17.1 Å². The van der Waals surface area contributed by atoms with Crippen LogP contribution in [0.3, 0.4) is 0 Å². The lowest BCUT2D eigenvalue weighted by atomic mass is 10.0. The smallest absolute Gasteiger partial charge is 0.132 e. The zero-order chi connectivity index (χ0) is 8.39. The fraction of sp³-hybridized carbons (Fsp3) is 0.667. The van der Waals surface area contributed by atoms with Gasteiger partial charge in [0.1, 0.15) is 12.4 Å². The molecule has 1 heterocycles. The number of H-pyrrole nitrogens is 1. The van der Waals surface area contributed by atoms with Gasteiger partial charge >= 0.3 is 0 Å². The highest BCUT2D eigenvalue weighted by Gasteiger charge is 2.13. The minimum Gasteiger partial charge on any atom is -0.377 e. The number of imidazole rings is 1. The van der Waals surface area contributed by atoms with Crippen LogP contribution >= 0.6 is 0 Å². The summed E-state index contributed by atoms with van der Waals surface area (Å²) >= 11 is 0. The number of rotatable bonds is 2. The molecule has 0 aliphatic heterocycles. The molecule has 66 valence electrons. The van der Waals surface area contributed by atoms with Gasteiger partial charge in [-0.05, 0) is 25.7 Å². The van der Waals surface area contributed by atoms with Crippen molar-refractivity contribution in [1.82, 2.24) is 9.97 Å². The third-order valence-corrected chi connectivity index (χ3v) is 2.28. The molecule has 0 aromatic carbocycles. The van der Waals surface area contributed by atoms with Crippen molar-refractivity contribution in [1.29, 1.82) is 0 Å². The van der Waals surface area contributed by atoms with Gasteiger partial charge in [0.15, 0.2) is 0 Å². The van der Waals surface area contributed by atoms with Crippen molar-refractivity contribution in [3.63, 3.8) is 0 Å². The number of hydrogen-bond acceptors (Lipinski definition) is 2. The van der Waals surface area contributed by atoms with E-state index in [4.69, 9.17) is 4.74 Å². The Labute approximate surface area is 72.2 Å². The van der Waals surface area contributed by atoms with Crippen LogP contribution in [0.15, 0.2) is 0 Å². The highest BCUT2D eigenvalue weighted by Crippen LogP contribution is 2.18. The highest BCUT2D eigenvalue weighted by molar-refractivity contribution is 5.17. The molecule has 0 unspecified atom stereocenters. The standard InChI is InChI=1S/C9H14N2O/c1-12-6-9-10-7-4-2-3-5-8(7)11-9/h2-6H2,1H3,(H,10,11). The first-order valence-corrected chi connectivity index (χ1v) is 4.45. The van der Waals surface area contributed by atoms with Gasteiger partial charge in [-0.25, -0.2) is 4.98 Å². The molecular formula is C9H14N2O. The van der Waals surface area contributed by atoms with Gasteiger partial charge in [0.05, 0.1) is 5.69 Å². The fourth-order valence-corrected chi connectivity index (χ4v) is 1.72. The molecule has 1 aliphatic carbocycles. The Balaban J connectivity index is 2.20. The average Bonchev–Trinajstić information content (AvgIpc) is 2.47. The third kappa shape index (κ3) is 1.37. The molecule has 3 heteroatoms. The van der Waals surface area contributed by atoms with Crippen LogP contribution in [0.2, 0.25) is 0 Å². The SMILES string of the molecule is COCc1nc2c([nH]1)CCCC2. The van der Waals surface area contributed by atoms with Gasteiger partial charge in [-0.3, -0.25) is 0 Å². The molecule has 3 nitrogen and oxygen atoms in total. The van der Waals surface area contributed by atoms with Crippen molar-refractivity contribution >= 4 is 0 Å². The second kappa shape index (κ2) is 3.27. The zero-order valence-electron chi connectivity index (χ0n) is 7.39. The summed E-state index contributed by atoms with van der Waals surface area (Å²) in [4.78, 5) is 7.76. The molecule has 1 N–H and O–H groups in total. The van der Waals surface area contributed by atoms with Gasteiger partial charge in [0.25, 0.3) is 0 Å². The number of fused-ring (bicyclic) bond motifs is 1. The number of methoxy groups -OCH3 is 1. The first kappa shape index (κ1) is 7.80. The van der Waals surface area contributed by atoms with E-state index in [2.05, 4.69) is 9.97 Å². The molecule has 1 aliphatic rings. The molecule has 0 saturated carbocycles. The Bertz CT molecular complexity index is 244. The predicted molar refractivity (Wildman–Crippen MR) is 45.9 cm³/mol. The molecule has 0 saturated heterocycles. The number of aromatic amines is 1. The van der Waals surface area contributed by atoms with E-state index in [0.717, 1.165) is 18.7 Å². The summed E-state index contributed by atoms with van der Waals surface area (Å²) < 4.78 is 5.01. The summed E-state index contributed by atoms with van der Waals surface area (Å²) in [5, 5.41) is 0. The summed E-state index contributed by atoms with van der Waals surface area (Å²) in [7, 11) is 1.70. The van der Waals surface area contributed by atoms with Gasteiger partial charge in [-0.15, -0.1) is 0 Å². The number of aryl methyl sites for hydroxylation is 2. The summed E-state index contributed by atoms with van der Waals surface area (Å²) in [5.41, 5.74) is 2.58. The van der Waals surface area contributed by atoms with Crippen LogP contribution in [-0.2, 0) is 24.2 Å². The second-order valence-electron chi connectivity index (χ2n) is 3.25. The number of nitrogens with one attached hydrogen (secondary N) is 1. The highest BCUT2D eigenvalue weighted by atomic mass is 16.5. The zero-order valence-corrected chi connectivity index (χ0v) is 7.39. The van der Waals surface area contributed by atoms with E-state index in [0.29, 0.717) is 6.61 Å². The molecule has 1 aromatic rings. The summed E-state index contributed by atoms with van der Waals surface area (Å²) in [5.74, 6) is 0.976. The van der Waals surface area contributed by atoms with E-state index in [1.807, 2.05) is 0 Å². The third-order valence-electron chi connectivity index (χ3n) is 2.28. The topological polar surface area (TPSA) is 37.9 Å². The Kier molecular flexibility index (Phi) is 2.13. The Morgan fingerprint density at radius 2 is 2.25 bits per heavy atom. The van der Waals surface area contributed by atoms with E-state index in [1.165, 1.54) is 24.2 Å². The molecule has 2 rings (SSSR count). The minimum absolute atomic E-state index is 0.604. The van der Waals surface area contributed by atoms with Gasteiger partial charge in [0.2, 0.25) is 0 Å². The largest absolute Gasteiger partial charge is 0.377 e. The van der Waals surface area contributed by atoms with Crippen LogP contribution in [0, 0.1) is 0 Å². The minimum atomic E-state index is 0.604. The lowest BCUT2D eigenvalue weighted by molar-refractivity contribution is 0.178. The van der Waals surface area contributed by atoms with Crippen molar-refractivity contribution in [2.45, 2.75) is 32.3 Å². The quantitative estimate of drug-likeness (QED) is 0.721. The maximum atomic E-state index is 5.01. The van der Waals surface area contributed by atoms with Gasteiger partial charge < -0.3 is 9.72 Å². The molecular weight excluding hydrogens is 152 g/mol. The van der Waals surface area contributed by atoms with E-state index in [9.17, 15) is 0 Å². The number of ether oxygens (including phenoxy) is 1. The maximum absolute atomic E-state index is 5.01. The molecule has 0 spiro atoms. The molecule has 12 heavy (non-hydrogen) atoms. The van der Waals surface area contributed by atoms with Gasteiger partial charge in [0, 0.05) is 12.8 Å². The molecule has 0 fully saturated rings. The maximum Gasteiger partial charge on any atom is 0.132 e. The van der Waals surface area contributed by atoms with Crippen molar-refractivity contribution in [2.24, 2.45) is 0 Å². The first-order chi connectivity index (χ1) is 5.90. The van der Waals surface area contributed by atoms with Gasteiger partial charge in [-0.1, -0.05) is 0 Å². The second-order valence-corrected chi connectivity index (χ2v) is 3.25. The van der Waals surface area contributed by atoms with Crippen LogP contribution in [0.1, 0.15) is 30.1 Å². The lowest BCUT2D eigenvalue weighted by Gasteiger charge is -2.07. The monoisotopic (exact) mass is 166 g/mol. The summed E-state index contributed by atoms with van der Waals surface area (Å²) in [6.07, 6.45) is 4.87. The predicted octanol–water partition coefficient (Wildman–Crippen LogP) is 1.43. The van der Waals surface area contributed by atoms with Gasteiger partial charge in [-0.2, -0.15) is 0 Å². The van der Waals surface area contributed by atoms with Crippen molar-refractivity contribution in [2.75, 3.05) is 7.11 Å². The fourth-order valence-electron chi connectivity index (χ4n) is 1.72. The molecule has 0 amide bonds. The van der Waals surface area contributed by atoms with Crippen molar-refractivity contribution < 1.29 is 4.74 Å². The van der Waals surface area contributed by atoms with E-state index >= 15 is 0 Å². The van der Waals surface area contributed by atoms with Crippen LogP contribution in [0.5, 0.6) is 0 Å². The lowest BCUT2D eigenvalue weighted by Crippen LogP contribution is -2.00. The van der Waals surface area contributed by atoms with E-state index in [1.54, 1.807) is 7.11 Å². The first-order valence-electron chi connectivity index (χ1n) is 4.45. The number of aromatic nitrogens is 2. The van der Waals surface area contributed by atoms with E-state index in [-0.39, 0.29) is 0 Å². The molecule has 0 atom stereocenters. The number of nitrogens with zero attached hydrogens (tertiary/aromatic N) is 1. The van der Waals surface area contributed by atoms with Crippen molar-refractivity contribution in [3.05, 3.63) is 17.2 Å². The summed E-state index contributed by atoms with van der Waals surface area (Å²) in [6, 6.07) is 0.